The van der Waals surface area contributed by atoms with Crippen LogP contribution in [0.5, 0.6) is 0 Å². The van der Waals surface area contributed by atoms with Gasteiger partial charge in [-0.15, -0.1) is 0 Å². The Morgan fingerprint density at radius 2 is 2.11 bits per heavy atom. The van der Waals surface area contributed by atoms with E-state index in [1.165, 1.54) is 5.56 Å². The molecule has 1 radical (unpaired) electrons. The summed E-state index contributed by atoms with van der Waals surface area (Å²) >= 11 is 3.38. The quantitative estimate of drug-likeness (QED) is 0.581. The van der Waals surface area contributed by atoms with Gasteiger partial charge in [-0.2, -0.15) is 0 Å². The Hall–Kier alpha value is -0.300. The van der Waals surface area contributed by atoms with E-state index >= 15 is 0 Å². The monoisotopic (exact) mass is 183 g/mol. The molecule has 0 N–H and O–H groups in total. The van der Waals surface area contributed by atoms with Gasteiger partial charge in [-0.05, 0) is 31.0 Å². The second kappa shape index (κ2) is 2.53. The molecule has 0 unspecified atom stereocenters. The van der Waals surface area contributed by atoms with Crippen molar-refractivity contribution < 1.29 is 0 Å². The molecular formula is C8H8Br. The molecular weight excluding hydrogens is 176 g/mol. The molecule has 1 heteroatoms. The maximum absolute atomic E-state index is 3.87. The Balaban J connectivity index is 3.25. The first-order valence-electron chi connectivity index (χ1n) is 2.79. The molecule has 0 atom stereocenters. The van der Waals surface area contributed by atoms with Crippen molar-refractivity contribution in [1.82, 2.24) is 0 Å². The molecule has 0 heterocycles. The largest absolute Gasteiger partial charge is 0.0609 e. The number of hydrogen-bond donors (Lipinski definition) is 0. The highest BCUT2D eigenvalue weighted by Crippen LogP contribution is 2.17. The number of aryl methyl sites for hydroxylation is 1. The molecule has 0 aliphatic carbocycles. The summed E-state index contributed by atoms with van der Waals surface area (Å²) in [6.07, 6.45) is 0. The van der Waals surface area contributed by atoms with Gasteiger partial charge < -0.3 is 0 Å². The van der Waals surface area contributed by atoms with Crippen LogP contribution in [0.25, 0.3) is 0 Å². The summed E-state index contributed by atoms with van der Waals surface area (Å²) in [4.78, 5) is 0. The minimum atomic E-state index is 1.08. The van der Waals surface area contributed by atoms with Gasteiger partial charge in [0, 0.05) is 4.47 Å². The first-order valence-corrected chi connectivity index (χ1v) is 3.58. The SMILES string of the molecule is [CH2]c1c(C)cccc1Br. The summed E-state index contributed by atoms with van der Waals surface area (Å²) < 4.78 is 1.09. The minimum absolute atomic E-state index is 1.08. The van der Waals surface area contributed by atoms with Crippen molar-refractivity contribution in [3.8, 4) is 0 Å². The van der Waals surface area contributed by atoms with E-state index in [2.05, 4.69) is 22.9 Å². The topological polar surface area (TPSA) is 0 Å². The fourth-order valence-electron chi connectivity index (χ4n) is 0.666. The Labute approximate surface area is 64.0 Å². The standard InChI is InChI=1S/C8H8Br/c1-6-4-3-5-8(9)7(6)2/h3-5H,2H2,1H3. The molecule has 47 valence electrons. The van der Waals surface area contributed by atoms with Crippen molar-refractivity contribution in [2.24, 2.45) is 0 Å². The first kappa shape index (κ1) is 6.81. The Bertz CT molecular complexity index is 196. The summed E-state index contributed by atoms with van der Waals surface area (Å²) in [5, 5.41) is 0. The van der Waals surface area contributed by atoms with Gasteiger partial charge in [0.15, 0.2) is 0 Å². The molecule has 1 aromatic rings. The number of rotatable bonds is 0. The molecule has 0 fully saturated rings. The van der Waals surface area contributed by atoms with Gasteiger partial charge in [0.1, 0.15) is 0 Å². The van der Waals surface area contributed by atoms with E-state index in [0.717, 1.165) is 10.0 Å². The van der Waals surface area contributed by atoms with Crippen LogP contribution in [0.2, 0.25) is 0 Å². The summed E-state index contributed by atoms with van der Waals surface area (Å²) in [6, 6.07) is 6.05. The van der Waals surface area contributed by atoms with E-state index in [9.17, 15) is 0 Å². The molecule has 1 aromatic carbocycles. The summed E-state index contributed by atoms with van der Waals surface area (Å²) in [5.41, 5.74) is 2.31. The van der Waals surface area contributed by atoms with Gasteiger partial charge in [0.05, 0.1) is 0 Å². The van der Waals surface area contributed by atoms with Gasteiger partial charge in [0.25, 0.3) is 0 Å². The van der Waals surface area contributed by atoms with Crippen LogP contribution in [0, 0.1) is 13.8 Å². The smallest absolute Gasteiger partial charge is 0.0210 e. The van der Waals surface area contributed by atoms with Crippen LogP contribution in [0.1, 0.15) is 11.1 Å². The molecule has 0 saturated carbocycles. The zero-order valence-corrected chi connectivity index (χ0v) is 6.90. The van der Waals surface area contributed by atoms with Gasteiger partial charge >= 0.3 is 0 Å². The van der Waals surface area contributed by atoms with E-state index in [1.807, 2.05) is 25.1 Å². The molecule has 0 aliphatic rings. The highest BCUT2D eigenvalue weighted by atomic mass is 79.9. The highest BCUT2D eigenvalue weighted by Gasteiger charge is 1.93. The lowest BCUT2D eigenvalue weighted by Crippen LogP contribution is -1.79. The molecule has 0 bridgehead atoms. The van der Waals surface area contributed by atoms with Crippen LogP contribution in [0.4, 0.5) is 0 Å². The predicted molar refractivity (Wildman–Crippen MR) is 43.3 cm³/mol. The zero-order valence-electron chi connectivity index (χ0n) is 5.32. The van der Waals surface area contributed by atoms with Crippen molar-refractivity contribution in [3.05, 3.63) is 40.7 Å². The Kier molecular flexibility index (Phi) is 1.91. The third kappa shape index (κ3) is 1.33. The molecule has 0 amide bonds. The predicted octanol–water partition coefficient (Wildman–Crippen LogP) is 2.94. The van der Waals surface area contributed by atoms with E-state index in [-0.39, 0.29) is 0 Å². The van der Waals surface area contributed by atoms with E-state index < -0.39 is 0 Å². The molecule has 0 aromatic heterocycles. The van der Waals surface area contributed by atoms with Gasteiger partial charge in [-0.25, -0.2) is 0 Å². The first-order chi connectivity index (χ1) is 4.22. The van der Waals surface area contributed by atoms with Gasteiger partial charge in [-0.3, -0.25) is 0 Å². The normalized spacial score (nSPS) is 9.67. The van der Waals surface area contributed by atoms with Crippen LogP contribution in [-0.2, 0) is 0 Å². The van der Waals surface area contributed by atoms with Crippen LogP contribution in [0.15, 0.2) is 22.7 Å². The molecule has 9 heavy (non-hydrogen) atoms. The fourth-order valence-corrected chi connectivity index (χ4v) is 1.13. The average Bonchev–Trinajstić information content (AvgIpc) is 1.83. The molecule has 0 saturated heterocycles. The fraction of sp³-hybridized carbons (Fsp3) is 0.125. The van der Waals surface area contributed by atoms with Crippen LogP contribution < -0.4 is 0 Å². The molecule has 0 aliphatic heterocycles. The summed E-state index contributed by atoms with van der Waals surface area (Å²) in [7, 11) is 0. The molecule has 1 rings (SSSR count). The van der Waals surface area contributed by atoms with E-state index in [4.69, 9.17) is 0 Å². The van der Waals surface area contributed by atoms with Crippen molar-refractivity contribution in [2.75, 3.05) is 0 Å². The van der Waals surface area contributed by atoms with Crippen molar-refractivity contribution in [1.29, 1.82) is 0 Å². The Morgan fingerprint density at radius 1 is 1.44 bits per heavy atom. The summed E-state index contributed by atoms with van der Waals surface area (Å²) in [5.74, 6) is 0. The number of halogens is 1. The zero-order chi connectivity index (χ0) is 6.85. The lowest BCUT2D eigenvalue weighted by molar-refractivity contribution is 1.39. The molecule has 0 spiro atoms. The van der Waals surface area contributed by atoms with Gasteiger partial charge in [-0.1, -0.05) is 28.1 Å². The summed E-state index contributed by atoms with van der Waals surface area (Å²) in [6.45, 7) is 5.92. The van der Waals surface area contributed by atoms with Crippen LogP contribution in [0.3, 0.4) is 0 Å². The van der Waals surface area contributed by atoms with Crippen LogP contribution in [-0.4, -0.2) is 0 Å². The van der Waals surface area contributed by atoms with Crippen molar-refractivity contribution in [3.63, 3.8) is 0 Å². The second-order valence-corrected chi connectivity index (χ2v) is 2.89. The Morgan fingerprint density at radius 3 is 2.56 bits per heavy atom. The molecule has 0 nitrogen and oxygen atoms in total. The average molecular weight is 184 g/mol. The third-order valence-corrected chi connectivity index (χ3v) is 2.10. The van der Waals surface area contributed by atoms with E-state index in [1.54, 1.807) is 0 Å². The third-order valence-electron chi connectivity index (χ3n) is 1.35. The van der Waals surface area contributed by atoms with E-state index in [0.29, 0.717) is 0 Å². The number of benzene rings is 1. The maximum atomic E-state index is 3.87. The minimum Gasteiger partial charge on any atom is -0.0609 e. The van der Waals surface area contributed by atoms with Crippen molar-refractivity contribution >= 4 is 15.9 Å². The van der Waals surface area contributed by atoms with Crippen LogP contribution >= 0.6 is 15.9 Å². The van der Waals surface area contributed by atoms with Crippen molar-refractivity contribution in [2.45, 2.75) is 6.92 Å². The van der Waals surface area contributed by atoms with Gasteiger partial charge in [0.2, 0.25) is 0 Å². The second-order valence-electron chi connectivity index (χ2n) is 2.04. The lowest BCUT2D eigenvalue weighted by atomic mass is 10.1. The number of hydrogen-bond acceptors (Lipinski definition) is 0. The highest BCUT2D eigenvalue weighted by molar-refractivity contribution is 9.10. The maximum Gasteiger partial charge on any atom is 0.0210 e. The lowest BCUT2D eigenvalue weighted by Gasteiger charge is -1.99.